The van der Waals surface area contributed by atoms with E-state index in [0.717, 1.165) is 50.4 Å². The molecule has 43 heavy (non-hydrogen) atoms. The SMILES string of the molecule is C=Cc1c2[n-]c(c1C)/C=C1\[N-]C(/C=c3\[n-]/c(c(C)c3CCC(=O)[O-])=C\C3[N-]/C(=C\2)C(C)C3C=C)C(CCC(=O)[O-])C1C.[H+].[Zn+2]. The first kappa shape index (κ1) is 32.3. The van der Waals surface area contributed by atoms with Gasteiger partial charge < -0.3 is 40.4 Å². The maximum Gasteiger partial charge on any atom is 2.00 e. The van der Waals surface area contributed by atoms with E-state index in [4.69, 9.17) is 20.6 Å². The van der Waals surface area contributed by atoms with Gasteiger partial charge in [-0.15, -0.1) is 40.8 Å². The number of rotatable bonds is 8. The molecule has 9 heteroatoms. The van der Waals surface area contributed by atoms with Crippen molar-refractivity contribution in [3.8, 4) is 0 Å². The van der Waals surface area contributed by atoms with E-state index in [1.165, 1.54) is 0 Å². The van der Waals surface area contributed by atoms with Crippen LogP contribution in [0.5, 0.6) is 0 Å². The number of carboxylic acid groups (broad SMARTS) is 2. The van der Waals surface area contributed by atoms with Gasteiger partial charge in [-0.05, 0) is 68.8 Å². The zero-order valence-electron chi connectivity index (χ0n) is 26.3. The number of carboxylic acids is 2. The molecule has 3 aliphatic rings. The molecule has 5 rings (SSSR count). The molecule has 2 aromatic heterocycles. The molecule has 0 spiro atoms. The summed E-state index contributed by atoms with van der Waals surface area (Å²) in [4.78, 5) is 32.8. The van der Waals surface area contributed by atoms with Crippen molar-refractivity contribution in [1.82, 2.24) is 9.97 Å². The minimum atomic E-state index is -1.13. The number of aromatic nitrogens is 2. The Morgan fingerprint density at radius 1 is 0.884 bits per heavy atom. The molecular weight excluding hydrogens is 594 g/mol. The number of carbonyl (C=O) groups is 2. The van der Waals surface area contributed by atoms with Crippen LogP contribution in [0.3, 0.4) is 0 Å². The van der Waals surface area contributed by atoms with E-state index >= 15 is 0 Å². The van der Waals surface area contributed by atoms with Crippen molar-refractivity contribution in [2.24, 2.45) is 23.7 Å². The van der Waals surface area contributed by atoms with Crippen LogP contribution in [0, 0.1) is 37.5 Å². The van der Waals surface area contributed by atoms with E-state index in [0.29, 0.717) is 11.8 Å². The Labute approximate surface area is 267 Å². The number of allylic oxidation sites excluding steroid dienone is 2. The van der Waals surface area contributed by atoms with Crippen LogP contribution >= 0.6 is 0 Å². The summed E-state index contributed by atoms with van der Waals surface area (Å²) in [6.45, 7) is 16.3. The topological polar surface area (TPSA) is 137 Å². The van der Waals surface area contributed by atoms with Crippen LogP contribution in [0.25, 0.3) is 41.0 Å². The van der Waals surface area contributed by atoms with Gasteiger partial charge in [-0.25, -0.2) is 0 Å². The van der Waals surface area contributed by atoms with Gasteiger partial charge in [0.1, 0.15) is 0 Å². The molecule has 0 N–H and O–H groups in total. The molecule has 0 amide bonds. The Hall–Kier alpha value is -3.58. The smallest absolute Gasteiger partial charge is 0.682 e. The number of fused-ring (bicyclic) bond motifs is 8. The van der Waals surface area contributed by atoms with Gasteiger partial charge in [-0.1, -0.05) is 73.5 Å². The fraction of sp³-hybridized carbons (Fsp3) is 0.412. The summed E-state index contributed by atoms with van der Waals surface area (Å²) in [6, 6.07) is -0.548. The molecule has 2 fully saturated rings. The third kappa shape index (κ3) is 6.23. The van der Waals surface area contributed by atoms with Crippen molar-refractivity contribution in [3.63, 3.8) is 0 Å². The van der Waals surface area contributed by atoms with Gasteiger partial charge in [0.25, 0.3) is 0 Å². The molecule has 8 bridgehead atoms. The van der Waals surface area contributed by atoms with Gasteiger partial charge in [0.15, 0.2) is 0 Å². The Balaban J connectivity index is 0.00000264. The Bertz CT molecular complexity index is 1630. The Kier molecular flexibility index (Phi) is 9.75. The number of aliphatic carboxylic acids is 2. The second kappa shape index (κ2) is 13.0. The zero-order valence-corrected chi connectivity index (χ0v) is 28.3. The number of carbonyl (C=O) groups excluding carboxylic acids is 2. The van der Waals surface area contributed by atoms with E-state index in [2.05, 4.69) is 27.0 Å². The van der Waals surface area contributed by atoms with Gasteiger partial charge in [-0.3, -0.25) is 0 Å². The standard InChI is InChI=1S/C34H38N4O4.Zn/c1-7-21-17(3)25-13-26-19(5)23(9-11-33(39)40)31(37-26)16-32-24(10-12-34(41)42)20(6)28(38-32)15-30-22(8-2)18(4)27(36-30)14-29(21)35-25;/h7-8,13-16,18-19,22-23,30-31H,1-2,9-12H2,3-6H3,(H,39,40)(H,41,42);/q-4;+2/p-1/b26-13-,27-14-,28-15-,32-16-;. The quantitative estimate of drug-likeness (QED) is 0.324. The summed E-state index contributed by atoms with van der Waals surface area (Å²) >= 11 is 0. The first-order valence-corrected chi connectivity index (χ1v) is 14.5. The third-order valence-electron chi connectivity index (χ3n) is 9.24. The number of hydrogen-bond donors (Lipinski definition) is 0. The predicted molar refractivity (Wildman–Crippen MR) is 162 cm³/mol. The minimum Gasteiger partial charge on any atom is -0.682 e. The van der Waals surface area contributed by atoms with Gasteiger partial charge in [-0.2, -0.15) is 11.4 Å². The maximum atomic E-state index is 11.4. The summed E-state index contributed by atoms with van der Waals surface area (Å²) in [6.07, 6.45) is 12.2. The van der Waals surface area contributed by atoms with Crippen molar-refractivity contribution in [2.75, 3.05) is 0 Å². The molecule has 0 saturated carbocycles. The van der Waals surface area contributed by atoms with Gasteiger partial charge in [0.05, 0.1) is 0 Å². The predicted octanol–water partition coefficient (Wildman–Crippen LogP) is 2.34. The molecule has 0 radical (unpaired) electrons. The molecule has 3 aliphatic heterocycles. The van der Waals surface area contributed by atoms with Crippen LogP contribution < -0.4 is 30.9 Å². The van der Waals surface area contributed by atoms with Crippen LogP contribution in [0.15, 0.2) is 30.6 Å². The van der Waals surface area contributed by atoms with Gasteiger partial charge >= 0.3 is 20.9 Å². The van der Waals surface area contributed by atoms with Crippen molar-refractivity contribution < 1.29 is 40.7 Å². The number of nitrogens with zero attached hydrogens (tertiary/aromatic N) is 4. The van der Waals surface area contributed by atoms with Crippen molar-refractivity contribution in [3.05, 3.63) is 85.6 Å². The number of hydrogen-bond acceptors (Lipinski definition) is 4. The van der Waals surface area contributed by atoms with Gasteiger partial charge in [0.2, 0.25) is 0 Å². The van der Waals surface area contributed by atoms with E-state index in [1.54, 1.807) is 0 Å². The largest absolute Gasteiger partial charge is 2.00 e. The molecule has 222 valence electrons. The van der Waals surface area contributed by atoms with Gasteiger partial charge in [0, 0.05) is 11.9 Å². The Morgan fingerprint density at radius 3 is 2.16 bits per heavy atom. The monoisotopic (exact) mass is 629 g/mol. The van der Waals surface area contributed by atoms with E-state index in [-0.39, 0.29) is 75.9 Å². The molecule has 0 aliphatic carbocycles. The van der Waals surface area contributed by atoms with E-state index < -0.39 is 11.9 Å². The summed E-state index contributed by atoms with van der Waals surface area (Å²) in [7, 11) is 0. The molecule has 2 saturated heterocycles. The maximum absolute atomic E-state index is 11.4. The summed E-state index contributed by atoms with van der Waals surface area (Å²) < 4.78 is 0. The average Bonchev–Trinajstić information content (AvgIpc) is 3.59. The van der Waals surface area contributed by atoms with Crippen molar-refractivity contribution in [1.29, 1.82) is 0 Å². The molecule has 5 heterocycles. The summed E-state index contributed by atoms with van der Waals surface area (Å²) in [5.74, 6) is -2.22. The third-order valence-corrected chi connectivity index (χ3v) is 9.24. The molecule has 0 aromatic carbocycles. The first-order chi connectivity index (χ1) is 20.0. The summed E-state index contributed by atoms with van der Waals surface area (Å²) in [5, 5.41) is 34.4. The van der Waals surface area contributed by atoms with E-state index in [1.807, 2.05) is 50.3 Å². The Morgan fingerprint density at radius 2 is 1.51 bits per heavy atom. The van der Waals surface area contributed by atoms with Crippen molar-refractivity contribution >= 4 is 42.3 Å². The fourth-order valence-electron chi connectivity index (χ4n) is 6.65. The van der Waals surface area contributed by atoms with Crippen LogP contribution in [0.1, 0.15) is 68.2 Å². The second-order valence-corrected chi connectivity index (χ2v) is 11.7. The van der Waals surface area contributed by atoms with Crippen LogP contribution in [-0.2, 0) is 35.5 Å². The minimum absolute atomic E-state index is 0. The van der Waals surface area contributed by atoms with Crippen LogP contribution in [0.2, 0.25) is 0 Å². The molecule has 6 atom stereocenters. The molecule has 6 unspecified atom stereocenters. The zero-order chi connectivity index (χ0) is 30.3. The van der Waals surface area contributed by atoms with E-state index in [9.17, 15) is 19.8 Å². The van der Waals surface area contributed by atoms with Crippen LogP contribution in [-0.4, -0.2) is 24.0 Å². The normalized spacial score (nSPS) is 29.6. The fourth-order valence-corrected chi connectivity index (χ4v) is 6.65. The molecular formula is C34H37N4O4Zn-3. The first-order valence-electron chi connectivity index (χ1n) is 14.5. The molecule has 2 aromatic rings. The second-order valence-electron chi connectivity index (χ2n) is 11.7. The van der Waals surface area contributed by atoms with Crippen LogP contribution in [0.4, 0.5) is 0 Å². The summed E-state index contributed by atoms with van der Waals surface area (Å²) in [5.41, 5.74) is 7.01. The van der Waals surface area contributed by atoms with Crippen molar-refractivity contribution in [2.45, 2.75) is 65.5 Å². The average molecular weight is 631 g/mol. The molecule has 8 nitrogen and oxygen atoms in total.